The molecule has 2 aromatic rings. The number of nitrogens with two attached hydrogens (primary N) is 1. The van der Waals surface area contributed by atoms with Crippen molar-refractivity contribution >= 4 is 18.3 Å². The third-order valence-electron chi connectivity index (χ3n) is 4.09. The number of benzene rings is 2. The summed E-state index contributed by atoms with van der Waals surface area (Å²) < 4.78 is 13.9. The van der Waals surface area contributed by atoms with Crippen LogP contribution in [0.15, 0.2) is 67.3 Å². The van der Waals surface area contributed by atoms with Crippen LogP contribution in [0, 0.1) is 11.7 Å². The molecular weight excluding hydrogens is 339 g/mol. The molecule has 2 atom stereocenters. The highest BCUT2D eigenvalue weighted by Crippen LogP contribution is 2.22. The molecule has 3 nitrogen and oxygen atoms in total. The van der Waals surface area contributed by atoms with Crippen molar-refractivity contribution in [3.8, 4) is 0 Å². The standard InChI is InChI=1S/C20H23FN2O.ClH/c1-3-13-23(14-17-11-7-8-12-18(17)21)20(24)15(2)19(22)16-9-5-4-6-10-16;/h3-12,15,19H,1,13-14,22H2,2H3;1H. The predicted octanol–water partition coefficient (Wildman–Crippen LogP) is 4.10. The molecule has 0 radical (unpaired) electrons. The van der Waals surface area contributed by atoms with Gasteiger partial charge in [0.1, 0.15) is 5.82 Å². The Labute approximate surface area is 154 Å². The Morgan fingerprint density at radius 3 is 2.40 bits per heavy atom. The van der Waals surface area contributed by atoms with Crippen LogP contribution >= 0.6 is 12.4 Å². The zero-order valence-electron chi connectivity index (χ0n) is 14.3. The van der Waals surface area contributed by atoms with E-state index in [0.29, 0.717) is 12.1 Å². The smallest absolute Gasteiger partial charge is 0.227 e. The van der Waals surface area contributed by atoms with Gasteiger partial charge in [-0.1, -0.05) is 61.5 Å². The number of rotatable bonds is 7. The van der Waals surface area contributed by atoms with Gasteiger partial charge in [0, 0.05) is 24.7 Å². The molecule has 2 N–H and O–H groups in total. The van der Waals surface area contributed by atoms with Gasteiger partial charge in [-0.25, -0.2) is 4.39 Å². The maximum Gasteiger partial charge on any atom is 0.227 e. The quantitative estimate of drug-likeness (QED) is 0.754. The van der Waals surface area contributed by atoms with Gasteiger partial charge < -0.3 is 10.6 Å². The molecule has 0 aromatic heterocycles. The van der Waals surface area contributed by atoms with Gasteiger partial charge in [-0.2, -0.15) is 0 Å². The molecule has 0 saturated carbocycles. The summed E-state index contributed by atoms with van der Waals surface area (Å²) in [5.41, 5.74) is 7.63. The fraction of sp³-hybridized carbons (Fsp3) is 0.250. The Balaban J connectivity index is 0.00000312. The van der Waals surface area contributed by atoms with Gasteiger partial charge in [0.2, 0.25) is 5.91 Å². The molecule has 5 heteroatoms. The Kier molecular flexibility index (Phi) is 8.32. The molecule has 0 aliphatic carbocycles. The van der Waals surface area contributed by atoms with E-state index in [2.05, 4.69) is 6.58 Å². The van der Waals surface area contributed by atoms with Crippen LogP contribution < -0.4 is 5.73 Å². The second kappa shape index (κ2) is 9.97. The van der Waals surface area contributed by atoms with Crippen molar-refractivity contribution in [2.24, 2.45) is 11.7 Å². The summed E-state index contributed by atoms with van der Waals surface area (Å²) >= 11 is 0. The van der Waals surface area contributed by atoms with Crippen molar-refractivity contribution in [2.45, 2.75) is 19.5 Å². The SMILES string of the molecule is C=CCN(Cc1ccccc1F)C(=O)C(C)C(N)c1ccccc1.Cl. The highest BCUT2D eigenvalue weighted by Gasteiger charge is 2.26. The largest absolute Gasteiger partial charge is 0.334 e. The van der Waals surface area contributed by atoms with E-state index in [1.54, 1.807) is 36.1 Å². The minimum absolute atomic E-state index is 0. The second-order valence-electron chi connectivity index (χ2n) is 5.82. The number of halogens is 2. The van der Waals surface area contributed by atoms with Crippen molar-refractivity contribution in [1.29, 1.82) is 0 Å². The van der Waals surface area contributed by atoms with E-state index in [1.165, 1.54) is 6.07 Å². The molecule has 0 aliphatic rings. The van der Waals surface area contributed by atoms with Crippen molar-refractivity contribution < 1.29 is 9.18 Å². The third-order valence-corrected chi connectivity index (χ3v) is 4.09. The minimum Gasteiger partial charge on any atom is -0.334 e. The van der Waals surface area contributed by atoms with Crippen molar-refractivity contribution in [2.75, 3.05) is 6.54 Å². The second-order valence-corrected chi connectivity index (χ2v) is 5.82. The molecule has 25 heavy (non-hydrogen) atoms. The molecule has 2 aromatic carbocycles. The van der Waals surface area contributed by atoms with Gasteiger partial charge in [-0.05, 0) is 11.6 Å². The van der Waals surface area contributed by atoms with Crippen LogP contribution in [0.3, 0.4) is 0 Å². The van der Waals surface area contributed by atoms with E-state index >= 15 is 0 Å². The average molecular weight is 363 g/mol. The molecule has 1 amide bonds. The number of amides is 1. The first-order chi connectivity index (χ1) is 11.5. The molecule has 0 aliphatic heterocycles. The minimum atomic E-state index is -0.417. The van der Waals surface area contributed by atoms with E-state index in [9.17, 15) is 9.18 Å². The van der Waals surface area contributed by atoms with Crippen LogP contribution in [0.1, 0.15) is 24.1 Å². The van der Waals surface area contributed by atoms with Gasteiger partial charge in [0.25, 0.3) is 0 Å². The molecule has 0 fully saturated rings. The highest BCUT2D eigenvalue weighted by molar-refractivity contribution is 5.85. The maximum atomic E-state index is 13.9. The van der Waals surface area contributed by atoms with Crippen molar-refractivity contribution in [3.63, 3.8) is 0 Å². The summed E-state index contributed by atoms with van der Waals surface area (Å²) in [7, 11) is 0. The van der Waals surface area contributed by atoms with Gasteiger partial charge in [0.15, 0.2) is 0 Å². The van der Waals surface area contributed by atoms with Gasteiger partial charge in [0.05, 0.1) is 5.92 Å². The lowest BCUT2D eigenvalue weighted by molar-refractivity contribution is -0.135. The van der Waals surface area contributed by atoms with Crippen LogP contribution in [-0.4, -0.2) is 17.4 Å². The summed E-state index contributed by atoms with van der Waals surface area (Å²) in [4.78, 5) is 14.4. The lowest BCUT2D eigenvalue weighted by Gasteiger charge is -2.28. The Morgan fingerprint density at radius 2 is 1.80 bits per heavy atom. The van der Waals surface area contributed by atoms with Gasteiger partial charge >= 0.3 is 0 Å². The molecular formula is C20H24ClFN2O. The monoisotopic (exact) mass is 362 g/mol. The van der Waals surface area contributed by atoms with E-state index < -0.39 is 12.0 Å². The molecule has 0 heterocycles. The molecule has 0 spiro atoms. The van der Waals surface area contributed by atoms with E-state index in [0.717, 1.165) is 5.56 Å². The fourth-order valence-electron chi connectivity index (χ4n) is 2.63. The number of hydrogen-bond acceptors (Lipinski definition) is 2. The van der Waals surface area contributed by atoms with Crippen molar-refractivity contribution in [3.05, 3.63) is 84.2 Å². The van der Waals surface area contributed by atoms with Crippen LogP contribution in [0.4, 0.5) is 4.39 Å². The molecule has 2 rings (SSSR count). The Hall–Kier alpha value is -2.17. The summed E-state index contributed by atoms with van der Waals surface area (Å²) in [6.45, 7) is 6.04. The summed E-state index contributed by atoms with van der Waals surface area (Å²) in [5.74, 6) is -0.854. The third kappa shape index (κ3) is 5.41. The van der Waals surface area contributed by atoms with Gasteiger partial charge in [-0.3, -0.25) is 4.79 Å². The number of carbonyl (C=O) groups excluding carboxylic acids is 1. The predicted molar refractivity (Wildman–Crippen MR) is 102 cm³/mol. The average Bonchev–Trinajstić information content (AvgIpc) is 2.62. The molecule has 0 saturated heterocycles. The summed E-state index contributed by atoms with van der Waals surface area (Å²) in [6.07, 6.45) is 1.64. The molecule has 134 valence electrons. The van der Waals surface area contributed by atoms with Crippen LogP contribution in [0.2, 0.25) is 0 Å². The number of nitrogens with zero attached hydrogens (tertiary/aromatic N) is 1. The van der Waals surface area contributed by atoms with Crippen LogP contribution in [-0.2, 0) is 11.3 Å². The first-order valence-corrected chi connectivity index (χ1v) is 7.98. The zero-order chi connectivity index (χ0) is 17.5. The molecule has 0 bridgehead atoms. The Morgan fingerprint density at radius 1 is 1.20 bits per heavy atom. The van der Waals surface area contributed by atoms with Crippen LogP contribution in [0.5, 0.6) is 0 Å². The number of carbonyl (C=O) groups is 1. The summed E-state index contributed by atoms with van der Waals surface area (Å²) in [5, 5.41) is 0. The van der Waals surface area contributed by atoms with Crippen LogP contribution in [0.25, 0.3) is 0 Å². The number of hydrogen-bond donors (Lipinski definition) is 1. The van der Waals surface area contributed by atoms with E-state index in [4.69, 9.17) is 5.73 Å². The lowest BCUT2D eigenvalue weighted by atomic mass is 9.94. The zero-order valence-corrected chi connectivity index (χ0v) is 15.1. The lowest BCUT2D eigenvalue weighted by Crippen LogP contribution is -2.39. The van der Waals surface area contributed by atoms with Crippen molar-refractivity contribution in [1.82, 2.24) is 4.90 Å². The first kappa shape index (κ1) is 20.9. The molecule has 2 unspecified atom stereocenters. The Bertz CT molecular complexity index is 693. The van der Waals surface area contributed by atoms with Gasteiger partial charge in [-0.15, -0.1) is 19.0 Å². The first-order valence-electron chi connectivity index (χ1n) is 7.98. The highest BCUT2D eigenvalue weighted by atomic mass is 35.5. The summed E-state index contributed by atoms with van der Waals surface area (Å²) in [6, 6.07) is 15.6. The van der Waals surface area contributed by atoms with E-state index in [1.807, 2.05) is 30.3 Å². The maximum absolute atomic E-state index is 13.9. The fourth-order valence-corrected chi connectivity index (χ4v) is 2.63. The van der Waals surface area contributed by atoms with E-state index in [-0.39, 0.29) is 30.7 Å². The normalized spacial score (nSPS) is 12.6. The topological polar surface area (TPSA) is 46.3 Å².